The molecule has 0 aliphatic carbocycles. The van der Waals surface area contributed by atoms with Gasteiger partial charge in [0, 0.05) is 6.20 Å². The third-order valence-corrected chi connectivity index (χ3v) is 7.20. The number of nitrogens with one attached hydrogen (secondary N) is 3. The predicted molar refractivity (Wildman–Crippen MR) is 127 cm³/mol. The lowest BCUT2D eigenvalue weighted by molar-refractivity contribution is 0.0845. The van der Waals surface area contributed by atoms with Crippen molar-refractivity contribution in [3.63, 3.8) is 0 Å². The SMILES string of the molecule is O=C(NNC(=O)c1cccnc1Oc1ccccc1)c1ccccc1NS(=O)(=O)c1cccs1. The van der Waals surface area contributed by atoms with Crippen molar-refractivity contribution >= 4 is 38.9 Å². The Labute approximate surface area is 199 Å². The molecule has 0 spiro atoms. The number of benzene rings is 2. The van der Waals surface area contributed by atoms with Crippen LogP contribution in [0.2, 0.25) is 0 Å². The van der Waals surface area contributed by atoms with Gasteiger partial charge in [-0.3, -0.25) is 25.2 Å². The van der Waals surface area contributed by atoms with Crippen LogP contribution in [0.25, 0.3) is 0 Å². The number of sulfonamides is 1. The number of hydrogen-bond acceptors (Lipinski definition) is 7. The van der Waals surface area contributed by atoms with E-state index < -0.39 is 21.8 Å². The molecular weight excluding hydrogens is 476 g/mol. The van der Waals surface area contributed by atoms with E-state index in [2.05, 4.69) is 20.6 Å². The normalized spacial score (nSPS) is 10.8. The average Bonchev–Trinajstić information content (AvgIpc) is 3.40. The number of hydrazine groups is 1. The highest BCUT2D eigenvalue weighted by Crippen LogP contribution is 2.24. The first-order chi connectivity index (χ1) is 16.4. The van der Waals surface area contributed by atoms with E-state index in [9.17, 15) is 18.0 Å². The van der Waals surface area contributed by atoms with Gasteiger partial charge in [-0.1, -0.05) is 36.4 Å². The van der Waals surface area contributed by atoms with E-state index in [0.29, 0.717) is 5.75 Å². The molecule has 0 bridgehead atoms. The van der Waals surface area contributed by atoms with Gasteiger partial charge in [-0.15, -0.1) is 11.3 Å². The zero-order valence-electron chi connectivity index (χ0n) is 17.5. The number of pyridine rings is 1. The summed E-state index contributed by atoms with van der Waals surface area (Å²) in [7, 11) is -3.86. The zero-order chi connectivity index (χ0) is 24.0. The van der Waals surface area contributed by atoms with Crippen LogP contribution in [0.3, 0.4) is 0 Å². The molecule has 0 atom stereocenters. The molecule has 4 rings (SSSR count). The molecule has 2 aromatic carbocycles. The summed E-state index contributed by atoms with van der Waals surface area (Å²) in [6.45, 7) is 0. The second kappa shape index (κ2) is 10.1. The highest BCUT2D eigenvalue weighted by molar-refractivity contribution is 7.94. The fourth-order valence-electron chi connectivity index (χ4n) is 2.87. The first-order valence-corrected chi connectivity index (χ1v) is 12.2. The van der Waals surface area contributed by atoms with Gasteiger partial charge in [0.05, 0.1) is 11.3 Å². The van der Waals surface area contributed by atoms with Gasteiger partial charge in [0.25, 0.3) is 21.8 Å². The number of nitrogens with zero attached hydrogens (tertiary/aromatic N) is 1. The third-order valence-electron chi connectivity index (χ3n) is 4.44. The highest BCUT2D eigenvalue weighted by atomic mass is 32.2. The molecule has 11 heteroatoms. The summed E-state index contributed by atoms with van der Waals surface area (Å²) in [5.74, 6) is -0.827. The molecule has 2 aromatic heterocycles. The van der Waals surface area contributed by atoms with Crippen molar-refractivity contribution in [3.8, 4) is 11.6 Å². The molecule has 0 radical (unpaired) electrons. The van der Waals surface area contributed by atoms with Gasteiger partial charge >= 0.3 is 0 Å². The lowest BCUT2D eigenvalue weighted by Gasteiger charge is -2.13. The van der Waals surface area contributed by atoms with Crippen LogP contribution in [-0.4, -0.2) is 25.2 Å². The quantitative estimate of drug-likeness (QED) is 0.335. The highest BCUT2D eigenvalue weighted by Gasteiger charge is 2.20. The third kappa shape index (κ3) is 5.39. The summed E-state index contributed by atoms with van der Waals surface area (Å²) in [5, 5.41) is 1.64. The molecule has 0 aliphatic rings. The van der Waals surface area contributed by atoms with Crippen molar-refractivity contribution in [2.24, 2.45) is 0 Å². The fourth-order valence-corrected chi connectivity index (χ4v) is 4.95. The van der Waals surface area contributed by atoms with E-state index in [4.69, 9.17) is 4.74 Å². The average molecular weight is 495 g/mol. The van der Waals surface area contributed by atoms with E-state index >= 15 is 0 Å². The second-order valence-electron chi connectivity index (χ2n) is 6.76. The summed E-state index contributed by atoms with van der Waals surface area (Å²) in [6.07, 6.45) is 1.48. The maximum absolute atomic E-state index is 12.7. The number of thiophene rings is 1. The smallest absolute Gasteiger partial charge is 0.275 e. The van der Waals surface area contributed by atoms with Gasteiger partial charge in [-0.25, -0.2) is 13.4 Å². The molecule has 4 aromatic rings. The van der Waals surface area contributed by atoms with Crippen molar-refractivity contribution in [3.05, 3.63) is 102 Å². The lowest BCUT2D eigenvalue weighted by atomic mass is 10.2. The molecular formula is C23H18N4O5S2. The Bertz CT molecular complexity index is 1410. The van der Waals surface area contributed by atoms with Crippen molar-refractivity contribution in [1.82, 2.24) is 15.8 Å². The molecule has 172 valence electrons. The van der Waals surface area contributed by atoms with E-state index in [0.717, 1.165) is 11.3 Å². The van der Waals surface area contributed by atoms with E-state index in [1.165, 1.54) is 30.5 Å². The molecule has 0 saturated heterocycles. The standard InChI is InChI=1S/C23H18N4O5S2/c28-21(17-10-4-5-12-19(17)27-34(30,31)20-13-7-15-33-20)25-26-22(29)18-11-6-14-24-23(18)32-16-8-2-1-3-9-16/h1-15,27H,(H,25,28)(H,26,29). The van der Waals surface area contributed by atoms with Crippen LogP contribution in [0.4, 0.5) is 5.69 Å². The Hall–Kier alpha value is -4.22. The molecule has 0 fully saturated rings. The molecule has 0 unspecified atom stereocenters. The summed E-state index contributed by atoms with van der Waals surface area (Å²) >= 11 is 1.05. The summed E-state index contributed by atoms with van der Waals surface area (Å²) in [4.78, 5) is 29.5. The van der Waals surface area contributed by atoms with Crippen LogP contribution in [0, 0.1) is 0 Å². The number of para-hydroxylation sites is 2. The van der Waals surface area contributed by atoms with Crippen LogP contribution < -0.4 is 20.3 Å². The maximum Gasteiger partial charge on any atom is 0.275 e. The van der Waals surface area contributed by atoms with Gasteiger partial charge in [-0.05, 0) is 47.8 Å². The van der Waals surface area contributed by atoms with Crippen molar-refractivity contribution < 1.29 is 22.7 Å². The molecule has 3 N–H and O–H groups in total. The maximum atomic E-state index is 12.7. The number of carbonyl (C=O) groups excluding carboxylic acids is 2. The lowest BCUT2D eigenvalue weighted by Crippen LogP contribution is -2.42. The van der Waals surface area contributed by atoms with Crippen LogP contribution in [-0.2, 0) is 10.0 Å². The van der Waals surface area contributed by atoms with E-state index in [1.807, 2.05) is 6.07 Å². The molecule has 0 saturated carbocycles. The van der Waals surface area contributed by atoms with E-state index in [1.54, 1.807) is 53.9 Å². The number of anilines is 1. The first-order valence-electron chi connectivity index (χ1n) is 9.88. The van der Waals surface area contributed by atoms with Gasteiger partial charge < -0.3 is 4.74 Å². The van der Waals surface area contributed by atoms with Crippen molar-refractivity contribution in [2.75, 3.05) is 4.72 Å². The van der Waals surface area contributed by atoms with Crippen molar-refractivity contribution in [2.45, 2.75) is 4.21 Å². The van der Waals surface area contributed by atoms with Crippen LogP contribution in [0.5, 0.6) is 11.6 Å². The molecule has 34 heavy (non-hydrogen) atoms. The number of hydrogen-bond donors (Lipinski definition) is 3. The first kappa shape index (κ1) is 23.0. The van der Waals surface area contributed by atoms with Gasteiger partial charge in [-0.2, -0.15) is 0 Å². The minimum Gasteiger partial charge on any atom is -0.438 e. The Morgan fingerprint density at radius 3 is 2.21 bits per heavy atom. The number of rotatable bonds is 7. The fraction of sp³-hybridized carbons (Fsp3) is 0. The summed E-state index contributed by atoms with van der Waals surface area (Å²) in [5.41, 5.74) is 4.79. The zero-order valence-corrected chi connectivity index (χ0v) is 19.1. The van der Waals surface area contributed by atoms with Crippen LogP contribution >= 0.6 is 11.3 Å². The molecule has 2 amide bonds. The predicted octanol–water partition coefficient (Wildman–Crippen LogP) is 3.81. The Morgan fingerprint density at radius 2 is 1.47 bits per heavy atom. The Balaban J connectivity index is 1.47. The van der Waals surface area contributed by atoms with Gasteiger partial charge in [0.2, 0.25) is 5.88 Å². The van der Waals surface area contributed by atoms with Gasteiger partial charge in [0.15, 0.2) is 0 Å². The number of ether oxygens (including phenoxy) is 1. The van der Waals surface area contributed by atoms with Crippen molar-refractivity contribution in [1.29, 1.82) is 0 Å². The number of aromatic nitrogens is 1. The Kier molecular flexibility index (Phi) is 6.85. The van der Waals surface area contributed by atoms with Gasteiger partial charge in [0.1, 0.15) is 15.5 Å². The number of amides is 2. The Morgan fingerprint density at radius 1 is 0.794 bits per heavy atom. The summed E-state index contributed by atoms with van der Waals surface area (Å²) < 4.78 is 33.3. The van der Waals surface area contributed by atoms with E-state index in [-0.39, 0.29) is 26.9 Å². The largest absolute Gasteiger partial charge is 0.438 e. The molecule has 0 aliphatic heterocycles. The second-order valence-corrected chi connectivity index (χ2v) is 9.62. The minimum atomic E-state index is -3.86. The number of carbonyl (C=O) groups is 2. The molecule has 9 nitrogen and oxygen atoms in total. The molecule has 2 heterocycles. The summed E-state index contributed by atoms with van der Waals surface area (Å²) in [6, 6.07) is 21.0. The monoisotopic (exact) mass is 494 g/mol. The minimum absolute atomic E-state index is 0.0230. The van der Waals surface area contributed by atoms with Crippen LogP contribution in [0.1, 0.15) is 20.7 Å². The topological polar surface area (TPSA) is 126 Å². The van der Waals surface area contributed by atoms with Crippen LogP contribution in [0.15, 0.2) is 94.6 Å².